The first-order valence-electron chi connectivity index (χ1n) is 8.06. The standard InChI is InChI=1S/C18H18N4O3/c23-18(15-5-9-17(10-6-15)22(24)25)20-19-13-14-3-7-16(8-4-14)21-11-1-2-12-21/h3-10,13H,1-2,11-12H2,(H,20,23)/b19-13-. The Morgan fingerprint density at radius 2 is 1.72 bits per heavy atom. The molecule has 1 aliphatic heterocycles. The minimum absolute atomic E-state index is 0.0573. The zero-order valence-electron chi connectivity index (χ0n) is 13.6. The van der Waals surface area contributed by atoms with E-state index in [-0.39, 0.29) is 5.69 Å². The molecule has 0 radical (unpaired) electrons. The molecule has 7 nitrogen and oxygen atoms in total. The van der Waals surface area contributed by atoms with Gasteiger partial charge in [0.1, 0.15) is 0 Å². The van der Waals surface area contributed by atoms with Crippen molar-refractivity contribution in [2.75, 3.05) is 18.0 Å². The molecule has 1 heterocycles. The maximum absolute atomic E-state index is 11.9. The summed E-state index contributed by atoms with van der Waals surface area (Å²) >= 11 is 0. The molecule has 0 saturated carbocycles. The summed E-state index contributed by atoms with van der Waals surface area (Å²) in [5, 5.41) is 14.5. The monoisotopic (exact) mass is 338 g/mol. The number of nitro groups is 1. The van der Waals surface area contributed by atoms with E-state index in [1.807, 2.05) is 24.3 Å². The molecule has 2 aromatic carbocycles. The van der Waals surface area contributed by atoms with Gasteiger partial charge in [0, 0.05) is 36.5 Å². The van der Waals surface area contributed by atoms with Gasteiger partial charge in [-0.05, 0) is 42.7 Å². The highest BCUT2D eigenvalue weighted by Crippen LogP contribution is 2.19. The summed E-state index contributed by atoms with van der Waals surface area (Å²) in [6.07, 6.45) is 4.03. The van der Waals surface area contributed by atoms with Crippen LogP contribution in [0.4, 0.5) is 11.4 Å². The highest BCUT2D eigenvalue weighted by molar-refractivity contribution is 5.95. The Kier molecular flexibility index (Phi) is 5.03. The van der Waals surface area contributed by atoms with Crippen LogP contribution >= 0.6 is 0 Å². The van der Waals surface area contributed by atoms with Crippen LogP contribution in [-0.2, 0) is 0 Å². The lowest BCUT2D eigenvalue weighted by molar-refractivity contribution is -0.384. The zero-order chi connectivity index (χ0) is 17.6. The van der Waals surface area contributed by atoms with Crippen molar-refractivity contribution in [3.8, 4) is 0 Å². The molecule has 1 aliphatic rings. The molecule has 0 bridgehead atoms. The largest absolute Gasteiger partial charge is 0.372 e. The predicted molar refractivity (Wildman–Crippen MR) is 96.0 cm³/mol. The van der Waals surface area contributed by atoms with Gasteiger partial charge in [0.2, 0.25) is 0 Å². The molecule has 0 aliphatic carbocycles. The van der Waals surface area contributed by atoms with E-state index in [0.29, 0.717) is 5.56 Å². The van der Waals surface area contributed by atoms with E-state index in [1.165, 1.54) is 42.8 Å². The summed E-state index contributed by atoms with van der Waals surface area (Å²) in [5.41, 5.74) is 4.75. The van der Waals surface area contributed by atoms with E-state index in [2.05, 4.69) is 15.4 Å². The molecule has 1 N–H and O–H groups in total. The third-order valence-electron chi connectivity index (χ3n) is 4.08. The van der Waals surface area contributed by atoms with Crippen LogP contribution in [0.1, 0.15) is 28.8 Å². The Bertz CT molecular complexity index is 779. The number of carbonyl (C=O) groups excluding carboxylic acids is 1. The van der Waals surface area contributed by atoms with Crippen molar-refractivity contribution in [3.05, 3.63) is 69.8 Å². The number of rotatable bonds is 5. The smallest absolute Gasteiger partial charge is 0.271 e. The summed E-state index contributed by atoms with van der Waals surface area (Å²) in [5.74, 6) is -0.417. The molecule has 128 valence electrons. The van der Waals surface area contributed by atoms with Crippen LogP contribution in [0.5, 0.6) is 0 Å². The van der Waals surface area contributed by atoms with E-state index >= 15 is 0 Å². The number of hydrogen-bond acceptors (Lipinski definition) is 5. The summed E-state index contributed by atoms with van der Waals surface area (Å²) in [6, 6.07) is 13.4. The molecule has 0 atom stereocenters. The number of benzene rings is 2. The van der Waals surface area contributed by atoms with Crippen LogP contribution < -0.4 is 10.3 Å². The Balaban J connectivity index is 1.56. The number of hydrogen-bond donors (Lipinski definition) is 1. The minimum atomic E-state index is -0.508. The molecule has 1 fully saturated rings. The summed E-state index contributed by atoms with van der Waals surface area (Å²) in [7, 11) is 0. The first-order valence-corrected chi connectivity index (χ1v) is 8.06. The first kappa shape index (κ1) is 16.6. The molecular formula is C18H18N4O3. The minimum Gasteiger partial charge on any atom is -0.372 e. The topological polar surface area (TPSA) is 87.8 Å². The lowest BCUT2D eigenvalue weighted by atomic mass is 10.2. The van der Waals surface area contributed by atoms with E-state index in [4.69, 9.17) is 0 Å². The number of nitro benzene ring substituents is 1. The van der Waals surface area contributed by atoms with Crippen molar-refractivity contribution in [2.45, 2.75) is 12.8 Å². The van der Waals surface area contributed by atoms with Crippen molar-refractivity contribution < 1.29 is 9.72 Å². The average molecular weight is 338 g/mol. The van der Waals surface area contributed by atoms with E-state index < -0.39 is 10.8 Å². The maximum atomic E-state index is 11.9. The van der Waals surface area contributed by atoms with Gasteiger partial charge >= 0.3 is 0 Å². The van der Waals surface area contributed by atoms with Crippen molar-refractivity contribution in [3.63, 3.8) is 0 Å². The quantitative estimate of drug-likeness (QED) is 0.516. The molecule has 2 aromatic rings. The van der Waals surface area contributed by atoms with Gasteiger partial charge in [0.05, 0.1) is 11.1 Å². The van der Waals surface area contributed by atoms with Gasteiger partial charge in [-0.25, -0.2) is 5.43 Å². The van der Waals surface area contributed by atoms with Crippen molar-refractivity contribution >= 4 is 23.5 Å². The number of hydrazone groups is 1. The van der Waals surface area contributed by atoms with Gasteiger partial charge in [-0.3, -0.25) is 14.9 Å². The average Bonchev–Trinajstić information content (AvgIpc) is 3.17. The van der Waals surface area contributed by atoms with Crippen LogP contribution in [-0.4, -0.2) is 30.1 Å². The van der Waals surface area contributed by atoms with Gasteiger partial charge < -0.3 is 4.90 Å². The molecule has 3 rings (SSSR count). The molecule has 0 aromatic heterocycles. The van der Waals surface area contributed by atoms with Gasteiger partial charge in [0.15, 0.2) is 0 Å². The van der Waals surface area contributed by atoms with Gasteiger partial charge in [-0.1, -0.05) is 12.1 Å². The molecule has 0 spiro atoms. The number of non-ortho nitro benzene ring substituents is 1. The number of nitrogens with one attached hydrogen (secondary N) is 1. The normalized spacial score (nSPS) is 14.0. The second-order valence-electron chi connectivity index (χ2n) is 5.79. The Morgan fingerprint density at radius 1 is 1.08 bits per heavy atom. The zero-order valence-corrected chi connectivity index (χ0v) is 13.6. The molecular weight excluding hydrogens is 320 g/mol. The fourth-order valence-corrected chi connectivity index (χ4v) is 2.71. The molecule has 25 heavy (non-hydrogen) atoms. The van der Waals surface area contributed by atoms with Crippen LogP contribution in [0.2, 0.25) is 0 Å². The number of amides is 1. The highest BCUT2D eigenvalue weighted by Gasteiger charge is 2.11. The van der Waals surface area contributed by atoms with Crippen LogP contribution in [0.25, 0.3) is 0 Å². The second kappa shape index (κ2) is 7.57. The molecule has 1 amide bonds. The van der Waals surface area contributed by atoms with E-state index in [0.717, 1.165) is 18.7 Å². The Labute approximate surface area is 145 Å². The van der Waals surface area contributed by atoms with Crippen molar-refractivity contribution in [1.29, 1.82) is 0 Å². The summed E-state index contributed by atoms with van der Waals surface area (Å²) in [6.45, 7) is 2.19. The molecule has 0 unspecified atom stereocenters. The van der Waals surface area contributed by atoms with Crippen LogP contribution in [0.15, 0.2) is 53.6 Å². The summed E-state index contributed by atoms with van der Waals surface area (Å²) in [4.78, 5) is 24.4. The maximum Gasteiger partial charge on any atom is 0.271 e. The lowest BCUT2D eigenvalue weighted by Crippen LogP contribution is -2.18. The third kappa shape index (κ3) is 4.20. The number of carbonyl (C=O) groups is 1. The third-order valence-corrected chi connectivity index (χ3v) is 4.08. The molecule has 7 heteroatoms. The Morgan fingerprint density at radius 3 is 2.32 bits per heavy atom. The van der Waals surface area contributed by atoms with Crippen LogP contribution in [0, 0.1) is 10.1 Å². The van der Waals surface area contributed by atoms with Crippen LogP contribution in [0.3, 0.4) is 0 Å². The SMILES string of the molecule is O=C(N/N=C\c1ccc(N2CCCC2)cc1)c1ccc([N+](=O)[O-])cc1. The van der Waals surface area contributed by atoms with Gasteiger partial charge in [-0.2, -0.15) is 5.10 Å². The highest BCUT2D eigenvalue weighted by atomic mass is 16.6. The second-order valence-corrected chi connectivity index (χ2v) is 5.79. The first-order chi connectivity index (χ1) is 12.1. The van der Waals surface area contributed by atoms with Gasteiger partial charge in [0.25, 0.3) is 11.6 Å². The lowest BCUT2D eigenvalue weighted by Gasteiger charge is -2.17. The number of anilines is 1. The predicted octanol–water partition coefficient (Wildman–Crippen LogP) is 2.96. The van der Waals surface area contributed by atoms with E-state index in [9.17, 15) is 14.9 Å². The van der Waals surface area contributed by atoms with Crippen molar-refractivity contribution in [1.82, 2.24) is 5.43 Å². The Hall–Kier alpha value is -3.22. The van der Waals surface area contributed by atoms with E-state index in [1.54, 1.807) is 6.21 Å². The fraction of sp³-hybridized carbons (Fsp3) is 0.222. The summed E-state index contributed by atoms with van der Waals surface area (Å²) < 4.78 is 0. The van der Waals surface area contributed by atoms with Gasteiger partial charge in [-0.15, -0.1) is 0 Å². The van der Waals surface area contributed by atoms with Crippen molar-refractivity contribution in [2.24, 2.45) is 5.10 Å². The molecule has 1 saturated heterocycles. The number of nitrogens with zero attached hydrogens (tertiary/aromatic N) is 3. The fourth-order valence-electron chi connectivity index (χ4n) is 2.71.